The Labute approximate surface area is 194 Å². The molecule has 0 aliphatic heterocycles. The Bertz CT molecular complexity index is 1150. The maximum atomic E-state index is 13.2. The summed E-state index contributed by atoms with van der Waals surface area (Å²) in [4.78, 5) is 16.3. The molecule has 0 saturated carbocycles. The van der Waals surface area contributed by atoms with Crippen molar-refractivity contribution in [3.63, 3.8) is 0 Å². The van der Waals surface area contributed by atoms with Crippen molar-refractivity contribution in [3.8, 4) is 5.75 Å². The zero-order valence-electron chi connectivity index (χ0n) is 15.5. The number of anilines is 2. The van der Waals surface area contributed by atoms with Crippen molar-refractivity contribution in [2.45, 2.75) is 13.1 Å². The molecule has 0 aliphatic carbocycles. The third-order valence-corrected chi connectivity index (χ3v) is 5.03. The lowest BCUT2D eigenvalue weighted by molar-refractivity contribution is -0.141. The number of alkyl halides is 3. The summed E-state index contributed by atoms with van der Waals surface area (Å²) in [5, 5.41) is 3.17. The number of nitrogens with zero attached hydrogens (tertiary/aromatic N) is 1. The van der Waals surface area contributed by atoms with Gasteiger partial charge in [0.2, 0.25) is 0 Å². The summed E-state index contributed by atoms with van der Waals surface area (Å²) in [5.41, 5.74) is -0.467. The molecule has 0 radical (unpaired) electrons. The van der Waals surface area contributed by atoms with Crippen molar-refractivity contribution >= 4 is 63.9 Å². The number of halogens is 7. The summed E-state index contributed by atoms with van der Waals surface area (Å²) in [6, 6.07) is 8.97. The minimum Gasteiger partial charge on any atom is -0.420 e. The van der Waals surface area contributed by atoms with E-state index in [9.17, 15) is 18.0 Å². The van der Waals surface area contributed by atoms with Crippen LogP contribution >= 0.6 is 46.4 Å². The Hall–Kier alpha value is -2.19. The fourth-order valence-corrected chi connectivity index (χ4v) is 3.57. The van der Waals surface area contributed by atoms with E-state index in [1.807, 2.05) is 0 Å². The maximum absolute atomic E-state index is 13.2. The van der Waals surface area contributed by atoms with Crippen molar-refractivity contribution in [1.29, 1.82) is 0 Å². The molecule has 1 N–H and O–H groups in total. The number of carbonyl (C=O) groups is 1. The molecule has 0 atom stereocenters. The van der Waals surface area contributed by atoms with Crippen LogP contribution in [0, 0.1) is 6.92 Å². The maximum Gasteiger partial charge on any atom is 0.433 e. The van der Waals surface area contributed by atoms with Crippen LogP contribution in [0.1, 0.15) is 21.6 Å². The van der Waals surface area contributed by atoms with E-state index in [1.54, 1.807) is 19.1 Å². The molecular formula is C20H11Cl4F3N2O2. The van der Waals surface area contributed by atoms with Crippen LogP contribution in [-0.4, -0.2) is 11.0 Å². The highest BCUT2D eigenvalue weighted by Gasteiger charge is 2.34. The van der Waals surface area contributed by atoms with Crippen LogP contribution < -0.4 is 10.1 Å². The van der Waals surface area contributed by atoms with Crippen LogP contribution in [0.25, 0.3) is 0 Å². The number of aryl methyl sites for hydroxylation is 1. The first-order chi connectivity index (χ1) is 14.5. The number of hydrogen-bond acceptors (Lipinski definition) is 4. The predicted molar refractivity (Wildman–Crippen MR) is 115 cm³/mol. The van der Waals surface area contributed by atoms with Gasteiger partial charge in [-0.15, -0.1) is 0 Å². The molecule has 3 aromatic rings. The first-order valence-electron chi connectivity index (χ1n) is 8.44. The average Bonchev–Trinajstić information content (AvgIpc) is 2.66. The summed E-state index contributed by atoms with van der Waals surface area (Å²) in [6.07, 6.45) is -4.73. The van der Waals surface area contributed by atoms with Gasteiger partial charge in [-0.05, 0) is 48.9 Å². The lowest BCUT2D eigenvalue weighted by Gasteiger charge is -2.16. The Balaban J connectivity index is 2.05. The van der Waals surface area contributed by atoms with Crippen LogP contribution in [0.15, 0.2) is 42.5 Å². The van der Waals surface area contributed by atoms with E-state index >= 15 is 0 Å². The number of esters is 1. The average molecular weight is 510 g/mol. The summed E-state index contributed by atoms with van der Waals surface area (Å²) >= 11 is 23.8. The standard InChI is InChI=1S/C20H11Cl4F3N2O2/c1-9-2-3-10(21)8-15(9)28-18-12(4-5-16(29-18)20(25,26)27)19(30)31-17-13(23)6-11(22)7-14(17)24/h2-8H,1H3,(H,28,29). The van der Waals surface area contributed by atoms with Crippen LogP contribution in [0.4, 0.5) is 24.7 Å². The van der Waals surface area contributed by atoms with Crippen LogP contribution in [0.2, 0.25) is 20.1 Å². The third-order valence-electron chi connectivity index (χ3n) is 4.02. The zero-order chi connectivity index (χ0) is 22.9. The van der Waals surface area contributed by atoms with Gasteiger partial charge in [0.25, 0.3) is 0 Å². The smallest absolute Gasteiger partial charge is 0.420 e. The van der Waals surface area contributed by atoms with Gasteiger partial charge >= 0.3 is 12.1 Å². The molecule has 0 spiro atoms. The molecule has 31 heavy (non-hydrogen) atoms. The topological polar surface area (TPSA) is 51.2 Å². The van der Waals surface area contributed by atoms with Crippen molar-refractivity contribution in [3.05, 3.63) is 79.4 Å². The second kappa shape index (κ2) is 9.12. The first-order valence-corrected chi connectivity index (χ1v) is 9.95. The summed E-state index contributed by atoms with van der Waals surface area (Å²) in [6.45, 7) is 1.71. The highest BCUT2D eigenvalue weighted by Crippen LogP contribution is 2.37. The molecule has 3 rings (SSSR count). The predicted octanol–water partition coefficient (Wildman–Crippen LogP) is 7.99. The molecule has 0 saturated heterocycles. The minimum absolute atomic E-state index is 0.0501. The molecule has 0 fully saturated rings. The molecule has 11 heteroatoms. The number of aromatic nitrogens is 1. The molecule has 162 valence electrons. The lowest BCUT2D eigenvalue weighted by atomic mass is 10.1. The number of carbonyl (C=O) groups excluding carboxylic acids is 1. The van der Waals surface area contributed by atoms with Gasteiger partial charge in [-0.3, -0.25) is 0 Å². The molecule has 4 nitrogen and oxygen atoms in total. The summed E-state index contributed by atoms with van der Waals surface area (Å²) in [7, 11) is 0. The summed E-state index contributed by atoms with van der Waals surface area (Å²) in [5.74, 6) is -1.61. The van der Waals surface area contributed by atoms with Crippen molar-refractivity contribution in [1.82, 2.24) is 4.98 Å². The third kappa shape index (κ3) is 5.54. The fourth-order valence-electron chi connectivity index (χ4n) is 2.51. The van der Waals surface area contributed by atoms with Crippen molar-refractivity contribution in [2.75, 3.05) is 5.32 Å². The highest BCUT2D eigenvalue weighted by molar-refractivity contribution is 6.40. The van der Waals surface area contributed by atoms with E-state index in [-0.39, 0.29) is 32.2 Å². The Morgan fingerprint density at radius 3 is 2.23 bits per heavy atom. The van der Waals surface area contributed by atoms with Gasteiger partial charge in [-0.2, -0.15) is 13.2 Å². The molecule has 1 aromatic heterocycles. The molecular weight excluding hydrogens is 499 g/mol. The normalized spacial score (nSPS) is 11.4. The van der Waals surface area contributed by atoms with E-state index in [2.05, 4.69) is 10.3 Å². The largest absolute Gasteiger partial charge is 0.433 e. The fraction of sp³-hybridized carbons (Fsp3) is 0.100. The quantitative estimate of drug-likeness (QED) is 0.286. The number of rotatable bonds is 4. The number of hydrogen-bond donors (Lipinski definition) is 1. The van der Waals surface area contributed by atoms with Gasteiger partial charge in [-0.1, -0.05) is 52.5 Å². The lowest BCUT2D eigenvalue weighted by Crippen LogP contribution is -2.16. The molecule has 0 bridgehead atoms. The van der Waals surface area contributed by atoms with Gasteiger partial charge in [0.1, 0.15) is 17.1 Å². The van der Waals surface area contributed by atoms with E-state index in [0.717, 1.165) is 6.07 Å². The van der Waals surface area contributed by atoms with Crippen molar-refractivity contribution in [2.24, 2.45) is 0 Å². The van der Waals surface area contributed by atoms with Crippen molar-refractivity contribution < 1.29 is 22.7 Å². The number of pyridine rings is 1. The van der Waals surface area contributed by atoms with Gasteiger partial charge < -0.3 is 10.1 Å². The molecule has 0 aliphatic rings. The zero-order valence-corrected chi connectivity index (χ0v) is 18.5. The number of benzene rings is 2. The van der Waals surface area contributed by atoms with Gasteiger partial charge in [0.05, 0.1) is 10.0 Å². The Morgan fingerprint density at radius 2 is 1.61 bits per heavy atom. The highest BCUT2D eigenvalue weighted by atomic mass is 35.5. The minimum atomic E-state index is -4.73. The number of nitrogens with one attached hydrogen (secondary N) is 1. The molecule has 2 aromatic carbocycles. The number of ether oxygens (including phenoxy) is 1. The van der Waals surface area contributed by atoms with Crippen LogP contribution in [0.5, 0.6) is 5.75 Å². The SMILES string of the molecule is Cc1ccc(Cl)cc1Nc1nc(C(F)(F)F)ccc1C(=O)Oc1c(Cl)cc(Cl)cc1Cl. The van der Waals surface area contributed by atoms with E-state index < -0.39 is 17.8 Å². The Kier molecular flexibility index (Phi) is 6.91. The van der Waals surface area contributed by atoms with E-state index in [1.165, 1.54) is 18.2 Å². The molecule has 0 unspecified atom stereocenters. The monoisotopic (exact) mass is 508 g/mol. The van der Waals surface area contributed by atoms with Crippen LogP contribution in [-0.2, 0) is 6.18 Å². The second-order valence-electron chi connectivity index (χ2n) is 6.26. The summed E-state index contributed by atoms with van der Waals surface area (Å²) < 4.78 is 44.8. The van der Waals surface area contributed by atoms with E-state index in [4.69, 9.17) is 51.1 Å². The van der Waals surface area contributed by atoms with Gasteiger partial charge in [-0.25, -0.2) is 9.78 Å². The van der Waals surface area contributed by atoms with E-state index in [0.29, 0.717) is 22.3 Å². The molecule has 0 amide bonds. The molecule has 1 heterocycles. The second-order valence-corrected chi connectivity index (χ2v) is 7.95. The first kappa shape index (κ1) is 23.5. The van der Waals surface area contributed by atoms with Gasteiger partial charge in [0, 0.05) is 15.7 Å². The van der Waals surface area contributed by atoms with Gasteiger partial charge in [0.15, 0.2) is 5.75 Å². The van der Waals surface area contributed by atoms with Crippen LogP contribution in [0.3, 0.4) is 0 Å². The Morgan fingerprint density at radius 1 is 0.968 bits per heavy atom.